The van der Waals surface area contributed by atoms with E-state index in [1.54, 1.807) is 13.8 Å². The molecule has 0 aromatic heterocycles. The Bertz CT molecular complexity index is 1500. The van der Waals surface area contributed by atoms with E-state index in [1.165, 1.54) is 21.9 Å². The van der Waals surface area contributed by atoms with Crippen molar-refractivity contribution >= 4 is 23.8 Å². The number of hydrogen-bond acceptors (Lipinski definition) is 6. The number of nitrogens with zero attached hydrogens (tertiary/aromatic N) is 2. The SMILES string of the molecule is CCOC(=O)CC1c2cc(C(F)(F)F)ccc2C(=O)N1CC(C)C.CCOC(=O)CC1c2ccc(C(F)(F)F)cc2C(=O)N1CC(C)C. The lowest BCUT2D eigenvalue weighted by atomic mass is 9.99. The van der Waals surface area contributed by atoms with E-state index in [1.807, 2.05) is 27.7 Å². The molecule has 0 N–H and O–H groups in total. The Balaban J connectivity index is 0.000000260. The van der Waals surface area contributed by atoms with Crippen LogP contribution in [0.3, 0.4) is 0 Å². The van der Waals surface area contributed by atoms with E-state index in [9.17, 15) is 45.5 Å². The Morgan fingerprint density at radius 1 is 0.667 bits per heavy atom. The minimum Gasteiger partial charge on any atom is -0.466 e. The molecule has 14 heteroatoms. The summed E-state index contributed by atoms with van der Waals surface area (Å²) >= 11 is 0. The summed E-state index contributed by atoms with van der Waals surface area (Å²) in [5.74, 6) is -1.59. The summed E-state index contributed by atoms with van der Waals surface area (Å²) in [6.07, 6.45) is -9.24. The molecule has 0 bridgehead atoms. The normalized spacial score (nSPS) is 17.4. The fourth-order valence-electron chi connectivity index (χ4n) is 5.75. The second-order valence-electron chi connectivity index (χ2n) is 12.4. The monoisotopic (exact) mass is 686 g/mol. The van der Waals surface area contributed by atoms with Gasteiger partial charge in [0.15, 0.2) is 0 Å². The van der Waals surface area contributed by atoms with Gasteiger partial charge >= 0.3 is 24.3 Å². The standard InChI is InChI=1S/2C17H20F3NO3/c1-4-24-15(22)8-14-13-7-11(17(18,19)20)5-6-12(13)16(23)21(14)9-10(2)3;1-4-24-15(22)8-14-12-6-5-11(17(18,19)20)7-13(12)16(23)21(14)9-10(2)3/h2*5-7,10,14H,4,8-9H2,1-3H3. The van der Waals surface area contributed by atoms with Crippen LogP contribution in [-0.2, 0) is 31.4 Å². The third-order valence-electron chi connectivity index (χ3n) is 7.67. The van der Waals surface area contributed by atoms with Crippen molar-refractivity contribution in [2.45, 2.75) is 78.8 Å². The lowest BCUT2D eigenvalue weighted by Gasteiger charge is -2.26. The summed E-state index contributed by atoms with van der Waals surface area (Å²) in [5.41, 5.74) is -0.770. The van der Waals surface area contributed by atoms with Crippen LogP contribution in [0.2, 0.25) is 0 Å². The van der Waals surface area contributed by atoms with Gasteiger partial charge in [-0.2, -0.15) is 26.3 Å². The van der Waals surface area contributed by atoms with Crippen molar-refractivity contribution in [3.05, 3.63) is 69.8 Å². The van der Waals surface area contributed by atoms with Gasteiger partial charge in [0.2, 0.25) is 0 Å². The molecule has 48 heavy (non-hydrogen) atoms. The number of alkyl halides is 6. The van der Waals surface area contributed by atoms with Gasteiger partial charge in [-0.15, -0.1) is 0 Å². The molecule has 2 heterocycles. The fourth-order valence-corrected chi connectivity index (χ4v) is 5.75. The van der Waals surface area contributed by atoms with E-state index >= 15 is 0 Å². The number of amides is 2. The van der Waals surface area contributed by atoms with Crippen molar-refractivity contribution in [1.29, 1.82) is 0 Å². The number of benzene rings is 2. The van der Waals surface area contributed by atoms with Crippen molar-refractivity contribution in [3.63, 3.8) is 0 Å². The molecule has 0 aliphatic carbocycles. The van der Waals surface area contributed by atoms with Gasteiger partial charge in [0.1, 0.15) is 0 Å². The molecule has 2 aliphatic heterocycles. The third-order valence-corrected chi connectivity index (χ3v) is 7.67. The molecule has 0 spiro atoms. The van der Waals surface area contributed by atoms with Crippen molar-refractivity contribution in [2.75, 3.05) is 26.3 Å². The number of fused-ring (bicyclic) bond motifs is 2. The first-order valence-electron chi connectivity index (χ1n) is 15.6. The molecule has 2 aromatic rings. The zero-order valence-corrected chi connectivity index (χ0v) is 27.6. The molecule has 8 nitrogen and oxygen atoms in total. The minimum absolute atomic E-state index is 0.0137. The summed E-state index contributed by atoms with van der Waals surface area (Å²) in [5, 5.41) is 0. The fraction of sp³-hybridized carbons (Fsp3) is 0.529. The lowest BCUT2D eigenvalue weighted by molar-refractivity contribution is -0.145. The first-order valence-corrected chi connectivity index (χ1v) is 15.6. The van der Waals surface area contributed by atoms with Crippen LogP contribution in [0.5, 0.6) is 0 Å². The van der Waals surface area contributed by atoms with Crippen LogP contribution in [0.4, 0.5) is 26.3 Å². The summed E-state index contributed by atoms with van der Waals surface area (Å²) < 4.78 is 87.5. The van der Waals surface area contributed by atoms with Gasteiger partial charge in [-0.25, -0.2) is 0 Å². The van der Waals surface area contributed by atoms with Crippen LogP contribution >= 0.6 is 0 Å². The van der Waals surface area contributed by atoms with Crippen molar-refractivity contribution in [1.82, 2.24) is 9.80 Å². The van der Waals surface area contributed by atoms with E-state index < -0.39 is 53.4 Å². The maximum absolute atomic E-state index is 13.0. The molecule has 0 saturated carbocycles. The molecular weight excluding hydrogens is 646 g/mol. The van der Waals surface area contributed by atoms with Crippen molar-refractivity contribution in [2.24, 2.45) is 11.8 Å². The quantitative estimate of drug-likeness (QED) is 0.189. The Kier molecular flexibility index (Phi) is 12.3. The highest BCUT2D eigenvalue weighted by atomic mass is 19.4. The van der Waals surface area contributed by atoms with E-state index in [-0.39, 0.29) is 60.5 Å². The van der Waals surface area contributed by atoms with Gasteiger partial charge in [-0.05, 0) is 67.1 Å². The van der Waals surface area contributed by atoms with Crippen LogP contribution in [0, 0.1) is 11.8 Å². The first kappa shape index (κ1) is 38.3. The van der Waals surface area contributed by atoms with Crippen LogP contribution in [0.15, 0.2) is 36.4 Å². The second-order valence-corrected chi connectivity index (χ2v) is 12.4. The lowest BCUT2D eigenvalue weighted by Crippen LogP contribution is -2.33. The number of esters is 2. The van der Waals surface area contributed by atoms with E-state index in [2.05, 4.69) is 0 Å². The molecule has 0 radical (unpaired) electrons. The smallest absolute Gasteiger partial charge is 0.416 e. The molecule has 2 unspecified atom stereocenters. The highest BCUT2D eigenvalue weighted by Crippen LogP contribution is 2.41. The van der Waals surface area contributed by atoms with Crippen molar-refractivity contribution < 1.29 is 55.0 Å². The molecule has 4 rings (SSSR count). The zero-order chi connectivity index (χ0) is 36.1. The van der Waals surface area contributed by atoms with E-state index in [4.69, 9.17) is 9.47 Å². The molecule has 2 aromatic carbocycles. The topological polar surface area (TPSA) is 93.2 Å². The highest BCUT2D eigenvalue weighted by molar-refractivity contribution is 6.00. The molecule has 2 aliphatic rings. The van der Waals surface area contributed by atoms with E-state index in [0.717, 1.165) is 24.3 Å². The number of halogens is 6. The number of hydrogen-bond donors (Lipinski definition) is 0. The molecule has 0 fully saturated rings. The Hall–Kier alpha value is -4.10. The average molecular weight is 687 g/mol. The minimum atomic E-state index is -4.52. The van der Waals surface area contributed by atoms with Gasteiger partial charge < -0.3 is 19.3 Å². The second kappa shape index (κ2) is 15.4. The number of carbonyl (C=O) groups is 4. The van der Waals surface area contributed by atoms with E-state index in [0.29, 0.717) is 18.7 Å². The average Bonchev–Trinajstić information content (AvgIpc) is 3.37. The third kappa shape index (κ3) is 9.07. The predicted molar refractivity (Wildman–Crippen MR) is 163 cm³/mol. The van der Waals surface area contributed by atoms with Crippen LogP contribution in [0.1, 0.15) is 109 Å². The molecule has 264 valence electrons. The van der Waals surface area contributed by atoms with Crippen LogP contribution < -0.4 is 0 Å². The van der Waals surface area contributed by atoms with Gasteiger partial charge in [0.05, 0.1) is 49.3 Å². The van der Waals surface area contributed by atoms with Gasteiger partial charge in [0, 0.05) is 24.2 Å². The largest absolute Gasteiger partial charge is 0.466 e. The first-order chi connectivity index (χ1) is 22.3. The maximum Gasteiger partial charge on any atom is 0.416 e. The molecular formula is C34H40F6N2O6. The van der Waals surface area contributed by atoms with Crippen LogP contribution in [0.25, 0.3) is 0 Å². The zero-order valence-electron chi connectivity index (χ0n) is 27.6. The van der Waals surface area contributed by atoms with Crippen LogP contribution in [-0.4, -0.2) is 59.9 Å². The number of ether oxygens (including phenoxy) is 2. The Morgan fingerprint density at radius 3 is 1.52 bits per heavy atom. The summed E-state index contributed by atoms with van der Waals surface area (Å²) in [6.45, 7) is 12.0. The van der Waals surface area contributed by atoms with Gasteiger partial charge in [-0.1, -0.05) is 33.8 Å². The molecule has 2 amide bonds. The predicted octanol–water partition coefficient (Wildman–Crippen LogP) is 7.62. The number of carbonyl (C=O) groups excluding carboxylic acids is 4. The maximum atomic E-state index is 13.0. The Labute approximate surface area is 275 Å². The Morgan fingerprint density at radius 2 is 1.08 bits per heavy atom. The number of rotatable bonds is 10. The molecule has 0 saturated heterocycles. The van der Waals surface area contributed by atoms with Crippen molar-refractivity contribution in [3.8, 4) is 0 Å². The summed E-state index contributed by atoms with van der Waals surface area (Å²) in [6, 6.07) is 4.86. The summed E-state index contributed by atoms with van der Waals surface area (Å²) in [4.78, 5) is 51.7. The van der Waals surface area contributed by atoms with Gasteiger partial charge in [-0.3, -0.25) is 19.2 Å². The highest BCUT2D eigenvalue weighted by Gasteiger charge is 2.42. The van der Waals surface area contributed by atoms with Gasteiger partial charge in [0.25, 0.3) is 11.8 Å². The summed E-state index contributed by atoms with van der Waals surface area (Å²) in [7, 11) is 0. The molecule has 2 atom stereocenters.